The van der Waals surface area contributed by atoms with E-state index in [0.717, 1.165) is 18.5 Å². The molecule has 0 amide bonds. The van der Waals surface area contributed by atoms with E-state index in [0.29, 0.717) is 4.75 Å². The molecule has 0 aliphatic carbocycles. The first-order valence-electron chi connectivity index (χ1n) is 5.54. The van der Waals surface area contributed by atoms with Crippen molar-refractivity contribution in [1.82, 2.24) is 0 Å². The zero-order valence-electron chi connectivity index (χ0n) is 9.40. The molecule has 2 heteroatoms. The average Bonchev–Trinajstić information content (AvgIpc) is 2.91. The van der Waals surface area contributed by atoms with Gasteiger partial charge in [-0.15, -0.1) is 11.8 Å². The van der Waals surface area contributed by atoms with E-state index in [2.05, 4.69) is 38.1 Å². The standard InChI is InChI=1S/C13H18OS/c1-3-12-13(2,15-12)10-14-9-11-7-5-4-6-8-11/h4-8,12H,3,9-10H2,1-2H3/t12-,13+/m0/s1. The zero-order valence-corrected chi connectivity index (χ0v) is 10.2. The second-order valence-electron chi connectivity index (χ2n) is 4.31. The van der Waals surface area contributed by atoms with E-state index in [1.165, 1.54) is 12.0 Å². The smallest absolute Gasteiger partial charge is 0.0717 e. The Morgan fingerprint density at radius 2 is 2.07 bits per heavy atom. The van der Waals surface area contributed by atoms with Crippen molar-refractivity contribution in [1.29, 1.82) is 0 Å². The molecule has 0 unspecified atom stereocenters. The van der Waals surface area contributed by atoms with Crippen LogP contribution in [0.25, 0.3) is 0 Å². The van der Waals surface area contributed by atoms with E-state index in [4.69, 9.17) is 4.74 Å². The lowest BCUT2D eigenvalue weighted by Crippen LogP contribution is -2.17. The highest BCUT2D eigenvalue weighted by molar-refractivity contribution is 8.08. The molecule has 0 radical (unpaired) electrons. The Morgan fingerprint density at radius 1 is 1.33 bits per heavy atom. The molecule has 15 heavy (non-hydrogen) atoms. The summed E-state index contributed by atoms with van der Waals surface area (Å²) in [6.07, 6.45) is 1.26. The molecule has 1 aromatic rings. The van der Waals surface area contributed by atoms with Crippen molar-refractivity contribution in [3.63, 3.8) is 0 Å². The minimum atomic E-state index is 0.392. The first-order chi connectivity index (χ1) is 7.24. The Labute approximate surface area is 96.2 Å². The molecule has 82 valence electrons. The van der Waals surface area contributed by atoms with Gasteiger partial charge < -0.3 is 4.74 Å². The summed E-state index contributed by atoms with van der Waals surface area (Å²) in [6, 6.07) is 10.4. The van der Waals surface area contributed by atoms with E-state index in [1.807, 2.05) is 17.8 Å². The van der Waals surface area contributed by atoms with Crippen LogP contribution in [0.2, 0.25) is 0 Å². The highest BCUT2D eigenvalue weighted by Crippen LogP contribution is 2.55. The molecule has 1 aliphatic heterocycles. The van der Waals surface area contributed by atoms with Gasteiger partial charge in [0, 0.05) is 10.00 Å². The lowest BCUT2D eigenvalue weighted by Gasteiger charge is -2.09. The summed E-state index contributed by atoms with van der Waals surface area (Å²) in [5, 5.41) is 0.813. The molecule has 0 aromatic heterocycles. The SMILES string of the molecule is CC[C@@H]1S[C@]1(C)COCc1ccccc1. The van der Waals surface area contributed by atoms with Gasteiger partial charge in [-0.05, 0) is 18.9 Å². The molecule has 0 saturated carbocycles. The molecule has 0 spiro atoms. The Morgan fingerprint density at radius 3 is 2.67 bits per heavy atom. The molecule has 2 rings (SSSR count). The minimum absolute atomic E-state index is 0.392. The fraction of sp³-hybridized carbons (Fsp3) is 0.538. The van der Waals surface area contributed by atoms with Gasteiger partial charge in [-0.1, -0.05) is 37.3 Å². The van der Waals surface area contributed by atoms with Gasteiger partial charge in [0.05, 0.1) is 13.2 Å². The average molecular weight is 222 g/mol. The highest BCUT2D eigenvalue weighted by Gasteiger charge is 2.50. The van der Waals surface area contributed by atoms with Gasteiger partial charge in [-0.25, -0.2) is 0 Å². The van der Waals surface area contributed by atoms with Crippen LogP contribution in [0.15, 0.2) is 30.3 Å². The summed E-state index contributed by atoms with van der Waals surface area (Å²) >= 11 is 2.05. The van der Waals surface area contributed by atoms with E-state index in [1.54, 1.807) is 0 Å². The Hall–Kier alpha value is -0.470. The van der Waals surface area contributed by atoms with Crippen LogP contribution in [-0.2, 0) is 11.3 Å². The molecule has 1 aliphatic rings. The third-order valence-electron chi connectivity index (χ3n) is 2.91. The van der Waals surface area contributed by atoms with Gasteiger partial charge in [0.15, 0.2) is 0 Å². The summed E-state index contributed by atoms with van der Waals surface area (Å²) in [5.74, 6) is 0. The normalized spacial score (nSPS) is 29.1. The predicted molar refractivity (Wildman–Crippen MR) is 66.2 cm³/mol. The molecule has 0 N–H and O–H groups in total. The third-order valence-corrected chi connectivity index (χ3v) is 4.73. The van der Waals surface area contributed by atoms with Crippen LogP contribution in [0.4, 0.5) is 0 Å². The van der Waals surface area contributed by atoms with Crippen molar-refractivity contribution >= 4 is 11.8 Å². The molecule has 1 fully saturated rings. The third kappa shape index (κ3) is 2.76. The monoisotopic (exact) mass is 222 g/mol. The number of benzene rings is 1. The molecule has 1 saturated heterocycles. The van der Waals surface area contributed by atoms with Crippen LogP contribution in [0.1, 0.15) is 25.8 Å². The largest absolute Gasteiger partial charge is 0.375 e. The van der Waals surface area contributed by atoms with Crippen LogP contribution < -0.4 is 0 Å². The summed E-state index contributed by atoms with van der Waals surface area (Å²) in [6.45, 7) is 6.18. The Bertz CT molecular complexity index is 312. The fourth-order valence-electron chi connectivity index (χ4n) is 1.88. The van der Waals surface area contributed by atoms with Crippen LogP contribution in [0.3, 0.4) is 0 Å². The molecule has 1 heterocycles. The van der Waals surface area contributed by atoms with Crippen molar-refractivity contribution in [3.8, 4) is 0 Å². The van der Waals surface area contributed by atoms with Gasteiger partial charge >= 0.3 is 0 Å². The van der Waals surface area contributed by atoms with Crippen molar-refractivity contribution < 1.29 is 4.74 Å². The second kappa shape index (κ2) is 4.58. The van der Waals surface area contributed by atoms with E-state index >= 15 is 0 Å². The van der Waals surface area contributed by atoms with Crippen molar-refractivity contribution in [2.24, 2.45) is 0 Å². The summed E-state index contributed by atoms with van der Waals surface area (Å²) in [7, 11) is 0. The zero-order chi connectivity index (χ0) is 10.7. The van der Waals surface area contributed by atoms with Crippen molar-refractivity contribution in [2.75, 3.05) is 6.61 Å². The number of rotatable bonds is 5. The molecule has 0 bridgehead atoms. The maximum absolute atomic E-state index is 5.76. The number of thioether (sulfide) groups is 1. The van der Waals surface area contributed by atoms with Gasteiger partial charge in [0.2, 0.25) is 0 Å². The molecular weight excluding hydrogens is 204 g/mol. The number of ether oxygens (including phenoxy) is 1. The Balaban J connectivity index is 1.72. The van der Waals surface area contributed by atoms with Crippen LogP contribution in [0.5, 0.6) is 0 Å². The maximum atomic E-state index is 5.76. The van der Waals surface area contributed by atoms with Crippen molar-refractivity contribution in [2.45, 2.75) is 36.9 Å². The fourth-order valence-corrected chi connectivity index (χ4v) is 3.01. The maximum Gasteiger partial charge on any atom is 0.0717 e. The second-order valence-corrected chi connectivity index (χ2v) is 6.04. The topological polar surface area (TPSA) is 9.23 Å². The van der Waals surface area contributed by atoms with Gasteiger partial charge in [0.1, 0.15) is 0 Å². The molecule has 1 aromatic carbocycles. The summed E-state index contributed by atoms with van der Waals surface area (Å²) in [5.41, 5.74) is 1.26. The van der Waals surface area contributed by atoms with Gasteiger partial charge in [-0.3, -0.25) is 0 Å². The van der Waals surface area contributed by atoms with Crippen LogP contribution >= 0.6 is 11.8 Å². The lowest BCUT2D eigenvalue weighted by atomic mass is 10.1. The lowest BCUT2D eigenvalue weighted by molar-refractivity contribution is 0.109. The summed E-state index contributed by atoms with van der Waals surface area (Å²) in [4.78, 5) is 0. The number of hydrogen-bond donors (Lipinski definition) is 0. The minimum Gasteiger partial charge on any atom is -0.375 e. The Kier molecular flexibility index (Phi) is 3.37. The first kappa shape index (κ1) is 11.0. The quantitative estimate of drug-likeness (QED) is 0.705. The van der Waals surface area contributed by atoms with Gasteiger partial charge in [0.25, 0.3) is 0 Å². The van der Waals surface area contributed by atoms with Gasteiger partial charge in [-0.2, -0.15) is 0 Å². The van der Waals surface area contributed by atoms with E-state index in [-0.39, 0.29) is 0 Å². The van der Waals surface area contributed by atoms with Crippen molar-refractivity contribution in [3.05, 3.63) is 35.9 Å². The predicted octanol–water partition coefficient (Wildman–Crippen LogP) is 3.49. The van der Waals surface area contributed by atoms with E-state index < -0.39 is 0 Å². The summed E-state index contributed by atoms with van der Waals surface area (Å²) < 4.78 is 6.15. The molecular formula is C13H18OS. The van der Waals surface area contributed by atoms with Crippen LogP contribution in [-0.4, -0.2) is 16.6 Å². The molecule has 2 atom stereocenters. The number of hydrogen-bond acceptors (Lipinski definition) is 2. The van der Waals surface area contributed by atoms with E-state index in [9.17, 15) is 0 Å². The van der Waals surface area contributed by atoms with Crippen LogP contribution in [0, 0.1) is 0 Å². The molecule has 1 nitrogen and oxygen atoms in total. The first-order valence-corrected chi connectivity index (χ1v) is 6.42. The highest BCUT2D eigenvalue weighted by atomic mass is 32.2.